The fraction of sp³-hybridized carbons (Fsp3) is 0.500. The number of halogens is 4. The molecule has 0 unspecified atom stereocenters. The van der Waals surface area contributed by atoms with E-state index in [9.17, 15) is 22.8 Å². The maximum absolute atomic E-state index is 12.5. The number of rotatable bonds is 8. The molecular formula is C14H17ClF3N3O4. The molecule has 11 heteroatoms. The molecule has 25 heavy (non-hydrogen) atoms. The van der Waals surface area contributed by atoms with Crippen molar-refractivity contribution < 1.29 is 32.6 Å². The number of nitrogens with one attached hydrogen (secondary N) is 1. The molecule has 1 rings (SSSR count). The molecule has 0 aromatic carbocycles. The Morgan fingerprint density at radius 2 is 2.12 bits per heavy atom. The standard InChI is InChI=1S/C14H17ClF3N3O4/c1-21(5-3-11(22)23)13(24)19-4-2-6-25-12-10(15)7-9(8-20-12)14(16,17)18/h7-8H,2-6H2,1H3,(H,19,24)(H,22,23). The van der Waals surface area contributed by atoms with Gasteiger partial charge in [-0.15, -0.1) is 0 Å². The third kappa shape index (κ3) is 7.46. The van der Waals surface area contributed by atoms with E-state index in [1.807, 2.05) is 0 Å². The molecule has 0 bridgehead atoms. The summed E-state index contributed by atoms with van der Waals surface area (Å²) in [6.45, 7) is 0.383. The van der Waals surface area contributed by atoms with Crippen LogP contribution in [-0.2, 0) is 11.0 Å². The smallest absolute Gasteiger partial charge is 0.417 e. The van der Waals surface area contributed by atoms with Crippen molar-refractivity contribution >= 4 is 23.6 Å². The molecule has 1 heterocycles. The molecule has 2 N–H and O–H groups in total. The number of amides is 2. The zero-order valence-electron chi connectivity index (χ0n) is 13.3. The predicted octanol–water partition coefficient (Wildman–Crippen LogP) is 2.64. The number of carboxylic acids is 1. The van der Waals surface area contributed by atoms with Crippen LogP contribution in [0.5, 0.6) is 5.88 Å². The third-order valence-electron chi connectivity index (χ3n) is 2.98. The van der Waals surface area contributed by atoms with E-state index in [-0.39, 0.29) is 37.0 Å². The van der Waals surface area contributed by atoms with Crippen LogP contribution < -0.4 is 10.1 Å². The lowest BCUT2D eigenvalue weighted by Crippen LogP contribution is -2.39. The van der Waals surface area contributed by atoms with Gasteiger partial charge in [-0.3, -0.25) is 4.79 Å². The number of carboxylic acid groups (broad SMARTS) is 1. The topological polar surface area (TPSA) is 91.8 Å². The van der Waals surface area contributed by atoms with Crippen LogP contribution in [0.3, 0.4) is 0 Å². The van der Waals surface area contributed by atoms with Crippen LogP contribution in [0.1, 0.15) is 18.4 Å². The summed E-state index contributed by atoms with van der Waals surface area (Å²) in [4.78, 5) is 26.8. The summed E-state index contributed by atoms with van der Waals surface area (Å²) >= 11 is 5.69. The van der Waals surface area contributed by atoms with Gasteiger partial charge in [-0.05, 0) is 12.5 Å². The number of carbonyl (C=O) groups is 2. The second kappa shape index (κ2) is 9.30. The minimum absolute atomic E-state index is 0.0722. The van der Waals surface area contributed by atoms with Gasteiger partial charge in [0.2, 0.25) is 5.88 Å². The molecule has 0 radical (unpaired) electrons. The second-order valence-electron chi connectivity index (χ2n) is 5.01. The van der Waals surface area contributed by atoms with E-state index in [1.165, 1.54) is 11.9 Å². The van der Waals surface area contributed by atoms with Crippen molar-refractivity contribution in [1.82, 2.24) is 15.2 Å². The van der Waals surface area contributed by atoms with Gasteiger partial charge in [0.15, 0.2) is 0 Å². The maximum atomic E-state index is 12.5. The molecule has 0 aliphatic rings. The third-order valence-corrected chi connectivity index (χ3v) is 3.25. The normalized spacial score (nSPS) is 11.1. The number of aliphatic carboxylic acids is 1. The Bertz CT molecular complexity index is 613. The van der Waals surface area contributed by atoms with Crippen molar-refractivity contribution in [2.75, 3.05) is 26.7 Å². The number of alkyl halides is 3. The Kier molecular flexibility index (Phi) is 7.75. The molecule has 140 valence electrons. The quantitative estimate of drug-likeness (QED) is 0.673. The Balaban J connectivity index is 2.32. The highest BCUT2D eigenvalue weighted by molar-refractivity contribution is 6.31. The van der Waals surface area contributed by atoms with Crippen molar-refractivity contribution in [1.29, 1.82) is 0 Å². The van der Waals surface area contributed by atoms with Crippen molar-refractivity contribution in [3.8, 4) is 5.88 Å². The van der Waals surface area contributed by atoms with Gasteiger partial charge in [-0.2, -0.15) is 13.2 Å². The summed E-state index contributed by atoms with van der Waals surface area (Å²) in [6, 6.07) is 0.287. The molecule has 0 spiro atoms. The summed E-state index contributed by atoms with van der Waals surface area (Å²) in [5.41, 5.74) is -0.971. The highest BCUT2D eigenvalue weighted by atomic mass is 35.5. The van der Waals surface area contributed by atoms with Crippen molar-refractivity contribution in [2.45, 2.75) is 19.0 Å². The number of pyridine rings is 1. The van der Waals surface area contributed by atoms with E-state index in [2.05, 4.69) is 10.3 Å². The van der Waals surface area contributed by atoms with E-state index in [1.54, 1.807) is 0 Å². The van der Waals surface area contributed by atoms with Crippen LogP contribution in [0.2, 0.25) is 5.02 Å². The fourth-order valence-corrected chi connectivity index (χ4v) is 1.84. The largest absolute Gasteiger partial charge is 0.481 e. The molecular weight excluding hydrogens is 367 g/mol. The van der Waals surface area contributed by atoms with Crippen molar-refractivity contribution in [3.63, 3.8) is 0 Å². The Morgan fingerprint density at radius 3 is 2.68 bits per heavy atom. The van der Waals surface area contributed by atoms with E-state index < -0.39 is 23.7 Å². The van der Waals surface area contributed by atoms with Gasteiger partial charge in [0.1, 0.15) is 5.02 Å². The minimum atomic E-state index is -4.54. The zero-order valence-corrected chi connectivity index (χ0v) is 14.0. The second-order valence-corrected chi connectivity index (χ2v) is 5.42. The van der Waals surface area contributed by atoms with Gasteiger partial charge >= 0.3 is 18.2 Å². The van der Waals surface area contributed by atoms with Crippen LogP contribution in [0, 0.1) is 0 Å². The zero-order chi connectivity index (χ0) is 19.0. The highest BCUT2D eigenvalue weighted by Gasteiger charge is 2.31. The molecule has 0 saturated carbocycles. The van der Waals surface area contributed by atoms with E-state index in [4.69, 9.17) is 21.4 Å². The number of ether oxygens (including phenoxy) is 1. The van der Waals surface area contributed by atoms with E-state index in [0.29, 0.717) is 12.6 Å². The lowest BCUT2D eigenvalue weighted by Gasteiger charge is -2.16. The molecule has 7 nitrogen and oxygen atoms in total. The van der Waals surface area contributed by atoms with Crippen molar-refractivity contribution in [3.05, 3.63) is 22.8 Å². The first-order valence-electron chi connectivity index (χ1n) is 7.17. The summed E-state index contributed by atoms with van der Waals surface area (Å²) in [6.07, 6.45) is -3.71. The van der Waals surface area contributed by atoms with Gasteiger partial charge in [-0.25, -0.2) is 9.78 Å². The number of aromatic nitrogens is 1. The van der Waals surface area contributed by atoms with Gasteiger partial charge in [0.05, 0.1) is 18.6 Å². The lowest BCUT2D eigenvalue weighted by molar-refractivity contribution is -0.138. The number of hydrogen-bond donors (Lipinski definition) is 2. The van der Waals surface area contributed by atoms with Gasteiger partial charge < -0.3 is 20.1 Å². The first-order chi connectivity index (χ1) is 11.6. The predicted molar refractivity (Wildman–Crippen MR) is 82.6 cm³/mol. The first kappa shape index (κ1) is 20.8. The van der Waals surface area contributed by atoms with Gasteiger partial charge in [0.25, 0.3) is 0 Å². The molecule has 0 saturated heterocycles. The van der Waals surface area contributed by atoms with E-state index in [0.717, 1.165) is 6.07 Å². The lowest BCUT2D eigenvalue weighted by atomic mass is 10.3. The number of carbonyl (C=O) groups excluding carboxylic acids is 1. The Morgan fingerprint density at radius 1 is 1.44 bits per heavy atom. The average Bonchev–Trinajstić information content (AvgIpc) is 2.52. The van der Waals surface area contributed by atoms with Crippen LogP contribution in [0.15, 0.2) is 12.3 Å². The number of nitrogens with zero attached hydrogens (tertiary/aromatic N) is 2. The molecule has 2 amide bonds. The number of hydrogen-bond acceptors (Lipinski definition) is 4. The first-order valence-corrected chi connectivity index (χ1v) is 7.55. The summed E-state index contributed by atoms with van der Waals surface area (Å²) in [7, 11) is 1.46. The molecule has 1 aromatic heterocycles. The van der Waals surface area contributed by atoms with Gasteiger partial charge in [-0.1, -0.05) is 11.6 Å². The van der Waals surface area contributed by atoms with Crippen LogP contribution in [-0.4, -0.2) is 53.7 Å². The van der Waals surface area contributed by atoms with Crippen LogP contribution in [0.25, 0.3) is 0 Å². The Labute approximate surface area is 146 Å². The summed E-state index contributed by atoms with van der Waals surface area (Å²) < 4.78 is 42.6. The average molecular weight is 384 g/mol. The fourth-order valence-electron chi connectivity index (χ4n) is 1.62. The van der Waals surface area contributed by atoms with Gasteiger partial charge in [0, 0.05) is 26.3 Å². The highest BCUT2D eigenvalue weighted by Crippen LogP contribution is 2.33. The molecule has 0 aliphatic carbocycles. The number of urea groups is 1. The summed E-state index contributed by atoms with van der Waals surface area (Å²) in [5.74, 6) is -1.13. The monoisotopic (exact) mass is 383 g/mol. The molecule has 0 fully saturated rings. The van der Waals surface area contributed by atoms with Crippen LogP contribution in [0.4, 0.5) is 18.0 Å². The minimum Gasteiger partial charge on any atom is -0.481 e. The summed E-state index contributed by atoms with van der Waals surface area (Å²) in [5, 5.41) is 10.8. The maximum Gasteiger partial charge on any atom is 0.417 e. The SMILES string of the molecule is CN(CCC(=O)O)C(=O)NCCCOc1ncc(C(F)(F)F)cc1Cl. The van der Waals surface area contributed by atoms with E-state index >= 15 is 0 Å². The van der Waals surface area contributed by atoms with Crippen LogP contribution >= 0.6 is 11.6 Å². The molecule has 0 aliphatic heterocycles. The Hall–Kier alpha value is -2.23. The van der Waals surface area contributed by atoms with Crippen molar-refractivity contribution in [2.24, 2.45) is 0 Å². The molecule has 0 atom stereocenters. The molecule has 1 aromatic rings.